The molecule has 0 saturated carbocycles. The van der Waals surface area contributed by atoms with E-state index in [2.05, 4.69) is 5.10 Å². The molecule has 0 bridgehead atoms. The Labute approximate surface area is 136 Å². The van der Waals surface area contributed by atoms with Crippen LogP contribution >= 0.6 is 0 Å². The van der Waals surface area contributed by atoms with E-state index in [1.54, 1.807) is 4.68 Å². The van der Waals surface area contributed by atoms with Gasteiger partial charge in [-0.1, -0.05) is 30.3 Å². The lowest BCUT2D eigenvalue weighted by atomic mass is 10.0. The Morgan fingerprint density at radius 2 is 2.00 bits per heavy atom. The lowest BCUT2D eigenvalue weighted by molar-refractivity contribution is -0.253. The van der Waals surface area contributed by atoms with Crippen LogP contribution in [0.2, 0.25) is 0 Å². The average molecular weight is 339 g/mol. The second-order valence-electron chi connectivity index (χ2n) is 5.92. The summed E-state index contributed by atoms with van der Waals surface area (Å²) in [5.41, 5.74) is -1.63. The predicted octanol–water partition coefficient (Wildman–Crippen LogP) is 2.07. The largest absolute Gasteiger partial charge is 0.419 e. The summed E-state index contributed by atoms with van der Waals surface area (Å²) >= 11 is 0. The normalized spacial score (nSPS) is 21.2. The first kappa shape index (κ1) is 16.5. The van der Waals surface area contributed by atoms with Gasteiger partial charge in [0.1, 0.15) is 0 Å². The Bertz CT molecular complexity index is 730. The first-order chi connectivity index (χ1) is 11.3. The Hall–Kier alpha value is -2.35. The minimum Gasteiger partial charge on any atom is -0.379 e. The van der Waals surface area contributed by atoms with Crippen molar-refractivity contribution in [2.75, 3.05) is 13.1 Å². The molecule has 1 aliphatic heterocycles. The van der Waals surface area contributed by atoms with Crippen molar-refractivity contribution in [2.45, 2.75) is 24.7 Å². The quantitative estimate of drug-likeness (QED) is 0.931. The van der Waals surface area contributed by atoms with Gasteiger partial charge in [-0.3, -0.25) is 9.48 Å². The minimum atomic E-state index is -4.75. The Morgan fingerprint density at radius 3 is 2.62 bits per heavy atom. The molecule has 0 aliphatic carbocycles. The van der Waals surface area contributed by atoms with E-state index in [4.69, 9.17) is 0 Å². The van der Waals surface area contributed by atoms with Crippen LogP contribution in [0.3, 0.4) is 0 Å². The molecule has 5 nitrogen and oxygen atoms in total. The van der Waals surface area contributed by atoms with E-state index >= 15 is 0 Å². The lowest BCUT2D eigenvalue weighted by Crippen LogP contribution is -2.48. The maximum atomic E-state index is 12.8. The predicted molar refractivity (Wildman–Crippen MR) is 79.3 cm³/mol. The van der Waals surface area contributed by atoms with Crippen LogP contribution in [-0.2, 0) is 6.54 Å². The van der Waals surface area contributed by atoms with Crippen molar-refractivity contribution in [3.8, 4) is 0 Å². The first-order valence-electron chi connectivity index (χ1n) is 7.43. The number of β-amino-alcohol motifs (C(OH)–C–C–N with tert-alkyl or cyclic N) is 1. The number of nitrogens with zero attached hydrogens (tertiary/aromatic N) is 3. The highest BCUT2D eigenvalue weighted by Gasteiger charge is 2.57. The number of amides is 1. The van der Waals surface area contributed by atoms with Gasteiger partial charge in [-0.15, -0.1) is 0 Å². The highest BCUT2D eigenvalue weighted by atomic mass is 19.4. The summed E-state index contributed by atoms with van der Waals surface area (Å²) in [6, 6.07) is 9.47. The average Bonchev–Trinajstić information content (AvgIpc) is 3.15. The molecule has 2 heterocycles. The van der Waals surface area contributed by atoms with Gasteiger partial charge in [0.05, 0.1) is 24.8 Å². The molecule has 1 fully saturated rings. The molecule has 2 aromatic rings. The second-order valence-corrected chi connectivity index (χ2v) is 5.92. The molecule has 1 aliphatic rings. The standard InChI is InChI=1S/C16H16F3N3O2/c17-16(18,19)15(24)6-7-21(11-15)14(23)13-8-20-22(10-13)9-12-4-2-1-3-5-12/h1-5,8,10,24H,6-7,9,11H2/t15-/m1/s1. The third-order valence-electron chi connectivity index (χ3n) is 4.13. The van der Waals surface area contributed by atoms with Crippen molar-refractivity contribution in [3.05, 3.63) is 53.9 Å². The summed E-state index contributed by atoms with van der Waals surface area (Å²) in [5, 5.41) is 13.7. The van der Waals surface area contributed by atoms with E-state index in [9.17, 15) is 23.1 Å². The summed E-state index contributed by atoms with van der Waals surface area (Å²) in [4.78, 5) is 13.3. The zero-order valence-electron chi connectivity index (χ0n) is 12.7. The van der Waals surface area contributed by atoms with E-state index < -0.39 is 30.7 Å². The molecule has 128 valence electrons. The molecule has 8 heteroatoms. The summed E-state index contributed by atoms with van der Waals surface area (Å²) in [6.07, 6.45) is -2.43. The summed E-state index contributed by atoms with van der Waals surface area (Å²) in [6.45, 7) is -0.432. The number of halogens is 3. The van der Waals surface area contributed by atoms with Gasteiger partial charge in [-0.2, -0.15) is 18.3 Å². The number of likely N-dealkylation sites (tertiary alicyclic amines) is 1. The minimum absolute atomic E-state index is 0.140. The Balaban J connectivity index is 1.69. The van der Waals surface area contributed by atoms with Gasteiger partial charge in [0.25, 0.3) is 5.91 Å². The van der Waals surface area contributed by atoms with Crippen LogP contribution in [-0.4, -0.2) is 50.6 Å². The third-order valence-corrected chi connectivity index (χ3v) is 4.13. The second kappa shape index (κ2) is 5.94. The number of hydrogen-bond donors (Lipinski definition) is 1. The highest BCUT2D eigenvalue weighted by Crippen LogP contribution is 2.37. The van der Waals surface area contributed by atoms with Gasteiger partial charge >= 0.3 is 6.18 Å². The molecule has 3 rings (SSSR count). The first-order valence-corrected chi connectivity index (χ1v) is 7.43. The molecular formula is C16H16F3N3O2. The fourth-order valence-electron chi connectivity index (χ4n) is 2.71. The number of aliphatic hydroxyl groups is 1. The van der Waals surface area contributed by atoms with E-state index in [-0.39, 0.29) is 12.1 Å². The van der Waals surface area contributed by atoms with E-state index in [0.717, 1.165) is 10.5 Å². The molecule has 0 spiro atoms. The Morgan fingerprint density at radius 1 is 1.29 bits per heavy atom. The maximum absolute atomic E-state index is 12.8. The molecule has 24 heavy (non-hydrogen) atoms. The van der Waals surface area contributed by atoms with E-state index in [0.29, 0.717) is 6.54 Å². The SMILES string of the molecule is O=C(c1cnn(Cc2ccccc2)c1)N1CC[C@](O)(C(F)(F)F)C1. The molecule has 1 atom stereocenters. The van der Waals surface area contributed by atoms with Crippen molar-refractivity contribution in [3.63, 3.8) is 0 Å². The molecule has 1 aromatic heterocycles. The van der Waals surface area contributed by atoms with Crippen molar-refractivity contribution in [1.82, 2.24) is 14.7 Å². The number of carbonyl (C=O) groups is 1. The van der Waals surface area contributed by atoms with Crippen LogP contribution in [0.4, 0.5) is 13.2 Å². The van der Waals surface area contributed by atoms with Crippen molar-refractivity contribution in [1.29, 1.82) is 0 Å². The highest BCUT2D eigenvalue weighted by molar-refractivity contribution is 5.94. The summed E-state index contributed by atoms with van der Waals surface area (Å²) in [7, 11) is 0. The van der Waals surface area contributed by atoms with Crippen LogP contribution in [0.1, 0.15) is 22.3 Å². The van der Waals surface area contributed by atoms with Crippen LogP contribution < -0.4 is 0 Å². The zero-order chi connectivity index (χ0) is 17.4. The number of aromatic nitrogens is 2. The lowest BCUT2D eigenvalue weighted by Gasteiger charge is -2.25. The van der Waals surface area contributed by atoms with Crippen LogP contribution in [0.15, 0.2) is 42.7 Å². The molecular weight excluding hydrogens is 323 g/mol. The van der Waals surface area contributed by atoms with E-state index in [1.165, 1.54) is 12.4 Å². The summed E-state index contributed by atoms with van der Waals surface area (Å²) in [5.74, 6) is -0.561. The Kier molecular flexibility index (Phi) is 4.08. The topological polar surface area (TPSA) is 58.4 Å². The molecule has 1 N–H and O–H groups in total. The van der Waals surface area contributed by atoms with Gasteiger partial charge in [0, 0.05) is 19.2 Å². The number of benzene rings is 1. The monoisotopic (exact) mass is 339 g/mol. The van der Waals surface area contributed by atoms with Crippen molar-refractivity contribution in [2.24, 2.45) is 0 Å². The molecule has 1 aromatic carbocycles. The van der Waals surface area contributed by atoms with Gasteiger partial charge in [-0.25, -0.2) is 0 Å². The van der Waals surface area contributed by atoms with Gasteiger partial charge in [0.15, 0.2) is 5.60 Å². The number of hydrogen-bond acceptors (Lipinski definition) is 3. The van der Waals surface area contributed by atoms with Gasteiger partial charge in [-0.05, 0) is 5.56 Å². The van der Waals surface area contributed by atoms with Gasteiger partial charge < -0.3 is 10.0 Å². The fraction of sp³-hybridized carbons (Fsp3) is 0.375. The molecule has 1 amide bonds. The molecule has 1 saturated heterocycles. The van der Waals surface area contributed by atoms with Crippen molar-refractivity contribution < 1.29 is 23.1 Å². The van der Waals surface area contributed by atoms with Crippen LogP contribution in [0.5, 0.6) is 0 Å². The fourth-order valence-corrected chi connectivity index (χ4v) is 2.71. The molecule has 0 radical (unpaired) electrons. The van der Waals surface area contributed by atoms with Crippen LogP contribution in [0, 0.1) is 0 Å². The summed E-state index contributed by atoms with van der Waals surface area (Å²) < 4.78 is 40.0. The van der Waals surface area contributed by atoms with Crippen LogP contribution in [0.25, 0.3) is 0 Å². The number of carbonyl (C=O) groups excluding carboxylic acids is 1. The zero-order valence-corrected chi connectivity index (χ0v) is 12.7. The number of rotatable bonds is 3. The van der Waals surface area contributed by atoms with E-state index in [1.807, 2.05) is 30.3 Å². The molecule has 0 unspecified atom stereocenters. The number of alkyl halides is 3. The van der Waals surface area contributed by atoms with Gasteiger partial charge in [0.2, 0.25) is 0 Å². The third kappa shape index (κ3) is 3.14. The maximum Gasteiger partial charge on any atom is 0.419 e. The smallest absolute Gasteiger partial charge is 0.379 e. The van der Waals surface area contributed by atoms with Crippen molar-refractivity contribution >= 4 is 5.91 Å².